The first-order valence-electron chi connectivity index (χ1n) is 12.6. The lowest BCUT2D eigenvalue weighted by molar-refractivity contribution is 0.0591. The fourth-order valence-electron chi connectivity index (χ4n) is 5.32. The lowest BCUT2D eigenvalue weighted by Gasteiger charge is -2.37. The predicted molar refractivity (Wildman–Crippen MR) is 149 cm³/mol. The van der Waals surface area contributed by atoms with E-state index in [2.05, 4.69) is 28.9 Å². The molecule has 1 fully saturated rings. The Balaban J connectivity index is 1.53. The van der Waals surface area contributed by atoms with Crippen LogP contribution in [-0.4, -0.2) is 28.9 Å². The van der Waals surface area contributed by atoms with E-state index in [4.69, 9.17) is 16.3 Å². The SMILES string of the molecule is CCC1CCC(N(Cc2cc(-c3ccncc3)ccc2OC)C(=O)c2sc3ccccc3c2Cl)CC1. The van der Waals surface area contributed by atoms with Crippen LogP contribution in [0.25, 0.3) is 21.2 Å². The summed E-state index contributed by atoms with van der Waals surface area (Å²) < 4.78 is 6.78. The molecule has 1 saturated carbocycles. The average molecular weight is 519 g/mol. The van der Waals surface area contributed by atoms with Crippen molar-refractivity contribution in [1.82, 2.24) is 9.88 Å². The normalized spacial score (nSPS) is 17.8. The second-order valence-corrected chi connectivity index (χ2v) is 10.9. The van der Waals surface area contributed by atoms with Gasteiger partial charge in [-0.2, -0.15) is 0 Å². The van der Waals surface area contributed by atoms with Gasteiger partial charge in [-0.15, -0.1) is 11.3 Å². The van der Waals surface area contributed by atoms with Gasteiger partial charge >= 0.3 is 0 Å². The number of rotatable bonds is 7. The Labute approximate surface area is 221 Å². The Morgan fingerprint density at radius 3 is 2.50 bits per heavy atom. The summed E-state index contributed by atoms with van der Waals surface area (Å²) in [6.45, 7) is 2.74. The van der Waals surface area contributed by atoms with Crippen LogP contribution in [0.4, 0.5) is 0 Å². The van der Waals surface area contributed by atoms with Gasteiger partial charge in [0.05, 0.1) is 12.1 Å². The molecule has 4 nitrogen and oxygen atoms in total. The van der Waals surface area contributed by atoms with E-state index in [0.29, 0.717) is 16.4 Å². The summed E-state index contributed by atoms with van der Waals surface area (Å²) in [4.78, 5) is 21.0. The lowest BCUT2D eigenvalue weighted by Crippen LogP contribution is -2.41. The van der Waals surface area contributed by atoms with Crippen LogP contribution >= 0.6 is 22.9 Å². The molecule has 0 atom stereocenters. The van der Waals surface area contributed by atoms with E-state index in [1.165, 1.54) is 17.8 Å². The lowest BCUT2D eigenvalue weighted by atomic mass is 9.83. The molecule has 186 valence electrons. The van der Waals surface area contributed by atoms with Gasteiger partial charge in [-0.05, 0) is 73.1 Å². The van der Waals surface area contributed by atoms with Crippen LogP contribution in [0.3, 0.4) is 0 Å². The standard InChI is InChI=1S/C30H31ClN2O2S/c1-3-20-8-11-24(12-9-20)33(30(34)29-28(31)25-6-4-5-7-27(25)36-29)19-23-18-22(10-13-26(23)35-2)21-14-16-32-17-15-21/h4-7,10,13-18,20,24H,3,8-9,11-12,19H2,1-2H3. The van der Waals surface area contributed by atoms with Gasteiger partial charge in [-0.25, -0.2) is 0 Å². The quantitative estimate of drug-likeness (QED) is 0.247. The predicted octanol–water partition coefficient (Wildman–Crippen LogP) is 8.24. The van der Waals surface area contributed by atoms with E-state index in [0.717, 1.165) is 64.1 Å². The molecule has 0 aliphatic heterocycles. The molecular formula is C30H31ClN2O2S. The molecule has 0 saturated heterocycles. The molecule has 2 aromatic heterocycles. The zero-order chi connectivity index (χ0) is 25.1. The minimum atomic E-state index is 0.0116. The number of halogens is 1. The number of pyridine rings is 1. The highest BCUT2D eigenvalue weighted by molar-refractivity contribution is 7.21. The summed E-state index contributed by atoms with van der Waals surface area (Å²) in [6, 6.07) is 18.3. The summed E-state index contributed by atoms with van der Waals surface area (Å²) >= 11 is 8.27. The number of hydrogen-bond acceptors (Lipinski definition) is 4. The Morgan fingerprint density at radius 2 is 1.81 bits per heavy atom. The van der Waals surface area contributed by atoms with Crippen molar-refractivity contribution in [3.63, 3.8) is 0 Å². The highest BCUT2D eigenvalue weighted by Crippen LogP contribution is 2.39. The van der Waals surface area contributed by atoms with Crippen LogP contribution in [-0.2, 0) is 6.54 Å². The second kappa shape index (κ2) is 11.0. The molecule has 0 radical (unpaired) electrons. The van der Waals surface area contributed by atoms with Gasteiger partial charge in [0.2, 0.25) is 0 Å². The largest absolute Gasteiger partial charge is 0.496 e. The Kier molecular flexibility index (Phi) is 7.59. The van der Waals surface area contributed by atoms with E-state index in [9.17, 15) is 4.79 Å². The van der Waals surface area contributed by atoms with E-state index in [1.54, 1.807) is 19.5 Å². The molecule has 6 heteroatoms. The topological polar surface area (TPSA) is 42.4 Å². The summed E-state index contributed by atoms with van der Waals surface area (Å²) in [6.07, 6.45) is 9.12. The molecule has 0 N–H and O–H groups in total. The molecule has 0 unspecified atom stereocenters. The number of carbonyl (C=O) groups excluding carboxylic acids is 1. The van der Waals surface area contributed by atoms with Crippen LogP contribution in [0.5, 0.6) is 5.75 Å². The second-order valence-electron chi connectivity index (χ2n) is 9.52. The highest BCUT2D eigenvalue weighted by atomic mass is 35.5. The van der Waals surface area contributed by atoms with Gasteiger partial charge in [0.25, 0.3) is 5.91 Å². The number of carbonyl (C=O) groups is 1. The summed E-state index contributed by atoms with van der Waals surface area (Å²) in [5.41, 5.74) is 3.16. The minimum absolute atomic E-state index is 0.0116. The Hall–Kier alpha value is -2.89. The van der Waals surface area contributed by atoms with Crippen molar-refractivity contribution in [1.29, 1.82) is 0 Å². The number of benzene rings is 2. The van der Waals surface area contributed by atoms with Crippen LogP contribution in [0.15, 0.2) is 67.0 Å². The molecule has 4 aromatic rings. The van der Waals surface area contributed by atoms with E-state index >= 15 is 0 Å². The first-order chi connectivity index (χ1) is 17.6. The number of aromatic nitrogens is 1. The summed E-state index contributed by atoms with van der Waals surface area (Å²) in [7, 11) is 1.69. The van der Waals surface area contributed by atoms with Gasteiger partial charge in [-0.1, -0.05) is 49.2 Å². The molecule has 36 heavy (non-hydrogen) atoms. The van der Waals surface area contributed by atoms with Crippen molar-refractivity contribution in [3.8, 4) is 16.9 Å². The third-order valence-electron chi connectivity index (χ3n) is 7.46. The van der Waals surface area contributed by atoms with Crippen molar-refractivity contribution < 1.29 is 9.53 Å². The summed E-state index contributed by atoms with van der Waals surface area (Å²) in [5, 5.41) is 1.50. The monoisotopic (exact) mass is 518 g/mol. The maximum absolute atomic E-state index is 14.1. The van der Waals surface area contributed by atoms with Crippen molar-refractivity contribution in [2.75, 3.05) is 7.11 Å². The Bertz CT molecular complexity index is 1350. The van der Waals surface area contributed by atoms with Crippen molar-refractivity contribution in [2.45, 2.75) is 51.6 Å². The van der Waals surface area contributed by atoms with Crippen LogP contribution in [0.1, 0.15) is 54.3 Å². The van der Waals surface area contributed by atoms with Crippen molar-refractivity contribution in [3.05, 3.63) is 82.5 Å². The number of amides is 1. The van der Waals surface area contributed by atoms with E-state index in [-0.39, 0.29) is 11.9 Å². The highest BCUT2D eigenvalue weighted by Gasteiger charge is 2.32. The maximum atomic E-state index is 14.1. The van der Waals surface area contributed by atoms with Gasteiger partial charge in [0.1, 0.15) is 10.6 Å². The average Bonchev–Trinajstić information content (AvgIpc) is 3.28. The zero-order valence-electron chi connectivity index (χ0n) is 20.7. The van der Waals surface area contributed by atoms with Gasteiger partial charge in [-0.3, -0.25) is 9.78 Å². The molecule has 2 heterocycles. The summed E-state index contributed by atoms with van der Waals surface area (Å²) in [5.74, 6) is 1.54. The first kappa shape index (κ1) is 24.8. The fourth-order valence-corrected chi connectivity index (χ4v) is 6.79. The number of hydrogen-bond donors (Lipinski definition) is 0. The number of fused-ring (bicyclic) bond motifs is 1. The molecule has 2 aromatic carbocycles. The molecular weight excluding hydrogens is 488 g/mol. The Morgan fingerprint density at radius 1 is 1.06 bits per heavy atom. The maximum Gasteiger partial charge on any atom is 0.266 e. The van der Waals surface area contributed by atoms with Gasteiger partial charge in [0.15, 0.2) is 0 Å². The number of nitrogens with zero attached hydrogens (tertiary/aromatic N) is 2. The third kappa shape index (κ3) is 5.00. The van der Waals surface area contributed by atoms with E-state index in [1.807, 2.05) is 42.5 Å². The minimum Gasteiger partial charge on any atom is -0.496 e. The molecule has 1 aliphatic carbocycles. The molecule has 0 spiro atoms. The molecule has 1 aliphatic rings. The number of thiophene rings is 1. The third-order valence-corrected chi connectivity index (χ3v) is 9.12. The molecule has 1 amide bonds. The smallest absolute Gasteiger partial charge is 0.266 e. The van der Waals surface area contributed by atoms with Gasteiger partial charge < -0.3 is 9.64 Å². The van der Waals surface area contributed by atoms with Crippen LogP contribution in [0, 0.1) is 5.92 Å². The van der Waals surface area contributed by atoms with Crippen molar-refractivity contribution in [2.24, 2.45) is 5.92 Å². The van der Waals surface area contributed by atoms with Crippen molar-refractivity contribution >= 4 is 38.9 Å². The molecule has 5 rings (SSSR count). The van der Waals surface area contributed by atoms with Gasteiger partial charge in [0, 0.05) is 40.6 Å². The number of ether oxygens (including phenoxy) is 1. The number of methoxy groups -OCH3 is 1. The zero-order valence-corrected chi connectivity index (χ0v) is 22.3. The fraction of sp³-hybridized carbons (Fsp3) is 0.333. The van der Waals surface area contributed by atoms with Crippen LogP contribution in [0.2, 0.25) is 5.02 Å². The van der Waals surface area contributed by atoms with Crippen LogP contribution < -0.4 is 4.74 Å². The first-order valence-corrected chi connectivity index (χ1v) is 13.8. The van der Waals surface area contributed by atoms with E-state index < -0.39 is 0 Å². The molecule has 0 bridgehead atoms.